The van der Waals surface area contributed by atoms with E-state index in [9.17, 15) is 9.59 Å². The molecule has 9 nitrogen and oxygen atoms in total. The summed E-state index contributed by atoms with van der Waals surface area (Å²) in [6, 6.07) is 7.36. The van der Waals surface area contributed by atoms with Gasteiger partial charge in [-0.1, -0.05) is 23.9 Å². The molecule has 0 saturated heterocycles. The quantitative estimate of drug-likeness (QED) is 0.391. The predicted molar refractivity (Wildman–Crippen MR) is 122 cm³/mol. The zero-order valence-electron chi connectivity index (χ0n) is 17.8. The second-order valence-corrected chi connectivity index (χ2v) is 9.07. The number of anilines is 1. The lowest BCUT2D eigenvalue weighted by molar-refractivity contribution is -0.113. The molecule has 2 heterocycles. The SMILES string of the molecule is CCOC(=O)c1c(NC(=O)CSc2nnnn2-c2ccccc2OC)sc2c1CCCC2. The topological polar surface area (TPSA) is 108 Å². The summed E-state index contributed by atoms with van der Waals surface area (Å²) in [5.41, 5.74) is 2.20. The Kier molecular flexibility index (Phi) is 7.05. The molecule has 3 aromatic rings. The van der Waals surface area contributed by atoms with Crippen molar-refractivity contribution in [3.8, 4) is 11.4 Å². The Labute approximate surface area is 193 Å². The molecular weight excluding hydrogens is 450 g/mol. The number of aryl methyl sites for hydroxylation is 1. The maximum Gasteiger partial charge on any atom is 0.341 e. The highest BCUT2D eigenvalue weighted by Gasteiger charge is 2.27. The molecular formula is C21H23N5O4S2. The van der Waals surface area contributed by atoms with Gasteiger partial charge in [-0.3, -0.25) is 4.79 Å². The number of methoxy groups -OCH3 is 1. The van der Waals surface area contributed by atoms with Crippen LogP contribution in [0.5, 0.6) is 5.75 Å². The number of thiophene rings is 1. The third-order valence-corrected chi connectivity index (χ3v) is 7.12. The lowest BCUT2D eigenvalue weighted by Crippen LogP contribution is -2.17. The predicted octanol–water partition coefficient (Wildman–Crippen LogP) is 3.52. The van der Waals surface area contributed by atoms with E-state index in [4.69, 9.17) is 9.47 Å². The van der Waals surface area contributed by atoms with Crippen LogP contribution in [0.3, 0.4) is 0 Å². The van der Waals surface area contributed by atoms with Gasteiger partial charge in [-0.2, -0.15) is 4.68 Å². The van der Waals surface area contributed by atoms with E-state index in [0.29, 0.717) is 27.2 Å². The molecule has 1 amide bonds. The number of benzene rings is 1. The smallest absolute Gasteiger partial charge is 0.341 e. The Morgan fingerprint density at radius 2 is 2.06 bits per heavy atom. The molecule has 0 spiro atoms. The first-order valence-corrected chi connectivity index (χ1v) is 12.1. The first-order valence-electron chi connectivity index (χ1n) is 10.3. The van der Waals surface area contributed by atoms with Gasteiger partial charge >= 0.3 is 5.97 Å². The second-order valence-electron chi connectivity index (χ2n) is 7.02. The highest BCUT2D eigenvalue weighted by Crippen LogP contribution is 2.38. The number of tetrazole rings is 1. The van der Waals surface area contributed by atoms with Crippen LogP contribution in [0.1, 0.15) is 40.6 Å². The number of hydrogen-bond acceptors (Lipinski definition) is 9. The van der Waals surface area contributed by atoms with Crippen molar-refractivity contribution in [3.05, 3.63) is 40.3 Å². The number of aromatic nitrogens is 4. The van der Waals surface area contributed by atoms with Crippen LogP contribution in [0.15, 0.2) is 29.4 Å². The summed E-state index contributed by atoms with van der Waals surface area (Å²) in [6.45, 7) is 2.07. The third-order valence-electron chi connectivity index (χ3n) is 4.99. The first-order chi connectivity index (χ1) is 15.6. The molecule has 32 heavy (non-hydrogen) atoms. The number of nitrogens with one attached hydrogen (secondary N) is 1. The maximum absolute atomic E-state index is 12.7. The minimum atomic E-state index is -0.380. The molecule has 2 aromatic heterocycles. The maximum atomic E-state index is 12.7. The number of thioether (sulfide) groups is 1. The van der Waals surface area contributed by atoms with E-state index < -0.39 is 0 Å². The number of carbonyl (C=O) groups is 2. The minimum Gasteiger partial charge on any atom is -0.494 e. The van der Waals surface area contributed by atoms with Gasteiger partial charge in [0.15, 0.2) is 0 Å². The Bertz CT molecular complexity index is 1130. The van der Waals surface area contributed by atoms with Crippen LogP contribution in [0.25, 0.3) is 5.69 Å². The number of amides is 1. The van der Waals surface area contributed by atoms with Crippen LogP contribution in [0, 0.1) is 0 Å². The molecule has 11 heteroatoms. The summed E-state index contributed by atoms with van der Waals surface area (Å²) in [7, 11) is 1.57. The lowest BCUT2D eigenvalue weighted by atomic mass is 9.95. The van der Waals surface area contributed by atoms with Crippen LogP contribution in [0.4, 0.5) is 5.00 Å². The van der Waals surface area contributed by atoms with Crippen LogP contribution in [-0.4, -0.2) is 51.6 Å². The highest BCUT2D eigenvalue weighted by molar-refractivity contribution is 7.99. The van der Waals surface area contributed by atoms with Gasteiger partial charge in [-0.15, -0.1) is 16.4 Å². The molecule has 168 valence electrons. The Balaban J connectivity index is 1.49. The van der Waals surface area contributed by atoms with Crippen molar-refractivity contribution in [2.75, 3.05) is 24.8 Å². The van der Waals surface area contributed by atoms with Gasteiger partial charge in [0.1, 0.15) is 16.4 Å². The third kappa shape index (κ3) is 4.63. The van der Waals surface area contributed by atoms with Gasteiger partial charge < -0.3 is 14.8 Å². The van der Waals surface area contributed by atoms with E-state index in [1.165, 1.54) is 27.8 Å². The number of rotatable bonds is 8. The van der Waals surface area contributed by atoms with Crippen LogP contribution in [0.2, 0.25) is 0 Å². The summed E-state index contributed by atoms with van der Waals surface area (Å²) in [6.07, 6.45) is 3.87. The summed E-state index contributed by atoms with van der Waals surface area (Å²) in [5, 5.41) is 15.7. The van der Waals surface area contributed by atoms with Crippen LogP contribution in [-0.2, 0) is 22.4 Å². The van der Waals surface area contributed by atoms with E-state index in [2.05, 4.69) is 20.8 Å². The molecule has 0 bridgehead atoms. The molecule has 0 radical (unpaired) electrons. The number of para-hydroxylation sites is 2. The molecule has 0 atom stereocenters. The van der Waals surface area contributed by atoms with E-state index >= 15 is 0 Å². The van der Waals surface area contributed by atoms with Gasteiger partial charge in [0.2, 0.25) is 11.1 Å². The number of fused-ring (bicyclic) bond motifs is 1. The van der Waals surface area contributed by atoms with Crippen molar-refractivity contribution in [2.24, 2.45) is 0 Å². The molecule has 0 saturated carbocycles. The van der Waals surface area contributed by atoms with Crippen LogP contribution < -0.4 is 10.1 Å². The molecule has 1 N–H and O–H groups in total. The van der Waals surface area contributed by atoms with E-state index in [1.807, 2.05) is 24.3 Å². The Hall–Kier alpha value is -2.92. The first kappa shape index (κ1) is 22.3. The standard InChI is InChI=1S/C21H23N5O4S2/c1-3-30-20(28)18-13-8-4-7-11-16(13)32-19(18)22-17(27)12-31-21-23-24-25-26(21)14-9-5-6-10-15(14)29-2/h5-6,9-10H,3-4,7-8,11-12H2,1-2H3,(H,22,27). The van der Waals surface area contributed by atoms with Gasteiger partial charge in [0.05, 0.1) is 25.0 Å². The average molecular weight is 474 g/mol. The molecule has 1 aliphatic rings. The van der Waals surface area contributed by atoms with Crippen molar-refractivity contribution in [2.45, 2.75) is 37.8 Å². The fourth-order valence-corrected chi connectivity index (χ4v) is 5.57. The van der Waals surface area contributed by atoms with Crippen molar-refractivity contribution in [1.82, 2.24) is 20.2 Å². The zero-order chi connectivity index (χ0) is 22.5. The molecule has 1 aromatic carbocycles. The van der Waals surface area contributed by atoms with Crippen molar-refractivity contribution in [3.63, 3.8) is 0 Å². The molecule has 0 aliphatic heterocycles. The molecule has 0 fully saturated rings. The van der Waals surface area contributed by atoms with Crippen molar-refractivity contribution in [1.29, 1.82) is 0 Å². The number of nitrogens with zero attached hydrogens (tertiary/aromatic N) is 4. The highest BCUT2D eigenvalue weighted by atomic mass is 32.2. The second kappa shape index (κ2) is 10.1. The fraction of sp³-hybridized carbons (Fsp3) is 0.381. The van der Waals surface area contributed by atoms with E-state index in [-0.39, 0.29) is 24.2 Å². The van der Waals surface area contributed by atoms with E-state index in [1.54, 1.807) is 14.0 Å². The largest absolute Gasteiger partial charge is 0.494 e. The zero-order valence-corrected chi connectivity index (χ0v) is 19.4. The summed E-state index contributed by atoms with van der Waals surface area (Å²) < 4.78 is 12.2. The number of esters is 1. The van der Waals surface area contributed by atoms with Gasteiger partial charge in [0.25, 0.3) is 0 Å². The minimum absolute atomic E-state index is 0.0837. The number of carbonyl (C=O) groups excluding carboxylic acids is 2. The summed E-state index contributed by atoms with van der Waals surface area (Å²) in [4.78, 5) is 26.5. The molecule has 0 unspecified atom stereocenters. The fourth-order valence-electron chi connectivity index (χ4n) is 3.59. The normalized spacial score (nSPS) is 12.8. The van der Waals surface area contributed by atoms with Gasteiger partial charge in [0, 0.05) is 4.88 Å². The monoisotopic (exact) mass is 473 g/mol. The number of hydrogen-bond donors (Lipinski definition) is 1. The summed E-state index contributed by atoms with van der Waals surface area (Å²) >= 11 is 2.67. The Morgan fingerprint density at radius 3 is 2.88 bits per heavy atom. The number of ether oxygens (including phenoxy) is 2. The van der Waals surface area contributed by atoms with Gasteiger partial charge in [-0.05, 0) is 60.7 Å². The lowest BCUT2D eigenvalue weighted by Gasteiger charge is -2.12. The van der Waals surface area contributed by atoms with Crippen molar-refractivity contribution < 1.29 is 19.1 Å². The van der Waals surface area contributed by atoms with E-state index in [0.717, 1.165) is 36.1 Å². The average Bonchev–Trinajstić information content (AvgIpc) is 3.41. The molecule has 1 aliphatic carbocycles. The Morgan fingerprint density at radius 1 is 1.25 bits per heavy atom. The summed E-state index contributed by atoms with van der Waals surface area (Å²) in [5.74, 6) is 0.0819. The van der Waals surface area contributed by atoms with Crippen LogP contribution >= 0.6 is 23.1 Å². The van der Waals surface area contributed by atoms with Gasteiger partial charge in [-0.25, -0.2) is 4.79 Å². The van der Waals surface area contributed by atoms with Crippen molar-refractivity contribution >= 4 is 40.0 Å². The molecule has 4 rings (SSSR count).